The highest BCUT2D eigenvalue weighted by Crippen LogP contribution is 2.29. The minimum Gasteiger partial charge on any atom is -0.383 e. The van der Waals surface area contributed by atoms with Crippen LogP contribution >= 0.6 is 0 Å². The molecule has 1 heterocycles. The number of rotatable bonds is 5. The van der Waals surface area contributed by atoms with Crippen LogP contribution in [0.5, 0.6) is 0 Å². The van der Waals surface area contributed by atoms with E-state index in [0.29, 0.717) is 12.1 Å². The molecule has 16 heavy (non-hydrogen) atoms. The number of nitrogens with one attached hydrogen (secondary N) is 1. The molecule has 0 aliphatic heterocycles. The van der Waals surface area contributed by atoms with E-state index >= 15 is 0 Å². The highest BCUT2D eigenvalue weighted by molar-refractivity contribution is 5.27. The Morgan fingerprint density at radius 1 is 1.62 bits per heavy atom. The van der Waals surface area contributed by atoms with Crippen LogP contribution in [0.3, 0.4) is 0 Å². The van der Waals surface area contributed by atoms with Crippen LogP contribution < -0.4 is 5.32 Å². The molecule has 2 unspecified atom stereocenters. The molecule has 3 heteroatoms. The topological polar surface area (TPSA) is 34.1 Å². The second-order valence-corrected chi connectivity index (χ2v) is 4.37. The van der Waals surface area contributed by atoms with E-state index < -0.39 is 0 Å². The van der Waals surface area contributed by atoms with E-state index in [9.17, 15) is 0 Å². The summed E-state index contributed by atoms with van der Waals surface area (Å²) in [6.07, 6.45) is 5.28. The molecule has 1 aromatic rings. The molecule has 3 nitrogen and oxygen atoms in total. The molecular formula is C13H20N2O. The van der Waals surface area contributed by atoms with Crippen molar-refractivity contribution in [1.82, 2.24) is 10.3 Å². The van der Waals surface area contributed by atoms with Crippen molar-refractivity contribution in [3.05, 3.63) is 29.6 Å². The standard InChI is InChI=1S/C13H20N2O/c1-3-11(9-16-2)15-12-7-6-10-5-4-8-14-13(10)12/h4-5,8,11-12,15H,3,6-7,9H2,1-2H3. The Labute approximate surface area is 97.2 Å². The highest BCUT2D eigenvalue weighted by atomic mass is 16.5. The van der Waals surface area contributed by atoms with Gasteiger partial charge in [0.15, 0.2) is 0 Å². The molecule has 0 saturated heterocycles. The maximum Gasteiger partial charge on any atom is 0.0615 e. The normalized spacial score (nSPS) is 20.8. The average Bonchev–Trinajstić information content (AvgIpc) is 2.72. The van der Waals surface area contributed by atoms with E-state index in [1.165, 1.54) is 11.3 Å². The summed E-state index contributed by atoms with van der Waals surface area (Å²) in [5.41, 5.74) is 2.63. The average molecular weight is 220 g/mol. The number of methoxy groups -OCH3 is 1. The largest absolute Gasteiger partial charge is 0.383 e. The van der Waals surface area contributed by atoms with Crippen molar-refractivity contribution in [3.63, 3.8) is 0 Å². The Morgan fingerprint density at radius 3 is 3.25 bits per heavy atom. The molecule has 1 aliphatic rings. The van der Waals surface area contributed by atoms with Crippen LogP contribution in [-0.4, -0.2) is 24.7 Å². The molecule has 2 atom stereocenters. The van der Waals surface area contributed by atoms with E-state index in [4.69, 9.17) is 4.74 Å². The predicted octanol–water partition coefficient (Wildman–Crippen LogP) is 2.08. The third kappa shape index (κ3) is 2.42. The van der Waals surface area contributed by atoms with Gasteiger partial charge in [0.1, 0.15) is 0 Å². The summed E-state index contributed by atoms with van der Waals surface area (Å²) in [4.78, 5) is 4.48. The lowest BCUT2D eigenvalue weighted by Crippen LogP contribution is -2.35. The number of fused-ring (bicyclic) bond motifs is 1. The van der Waals surface area contributed by atoms with Crippen molar-refractivity contribution in [2.24, 2.45) is 0 Å². The number of pyridine rings is 1. The summed E-state index contributed by atoms with van der Waals surface area (Å²) >= 11 is 0. The zero-order valence-electron chi connectivity index (χ0n) is 10.1. The van der Waals surface area contributed by atoms with Crippen LogP contribution in [-0.2, 0) is 11.2 Å². The lowest BCUT2D eigenvalue weighted by atomic mass is 10.1. The third-order valence-electron chi connectivity index (χ3n) is 3.26. The number of aryl methyl sites for hydroxylation is 1. The molecular weight excluding hydrogens is 200 g/mol. The molecule has 0 spiro atoms. The Hall–Kier alpha value is -0.930. The molecule has 0 saturated carbocycles. The summed E-state index contributed by atoms with van der Waals surface area (Å²) in [6, 6.07) is 5.05. The first-order valence-electron chi connectivity index (χ1n) is 6.04. The van der Waals surface area contributed by atoms with Gasteiger partial charge in [-0.2, -0.15) is 0 Å². The van der Waals surface area contributed by atoms with E-state index in [-0.39, 0.29) is 0 Å². The van der Waals surface area contributed by atoms with Gasteiger partial charge >= 0.3 is 0 Å². The van der Waals surface area contributed by atoms with Gasteiger partial charge < -0.3 is 10.1 Å². The number of ether oxygens (including phenoxy) is 1. The van der Waals surface area contributed by atoms with E-state index in [1.54, 1.807) is 7.11 Å². The van der Waals surface area contributed by atoms with E-state index in [2.05, 4.69) is 23.3 Å². The quantitative estimate of drug-likeness (QED) is 0.825. The predicted molar refractivity (Wildman–Crippen MR) is 64.4 cm³/mol. The minimum absolute atomic E-state index is 0.413. The fourth-order valence-electron chi connectivity index (χ4n) is 2.34. The maximum absolute atomic E-state index is 5.21. The van der Waals surface area contributed by atoms with Crippen LogP contribution in [0.4, 0.5) is 0 Å². The Balaban J connectivity index is 2.02. The molecule has 0 aromatic carbocycles. The fourth-order valence-corrected chi connectivity index (χ4v) is 2.34. The third-order valence-corrected chi connectivity index (χ3v) is 3.26. The van der Waals surface area contributed by atoms with Crippen molar-refractivity contribution in [1.29, 1.82) is 0 Å². The first kappa shape index (κ1) is 11.6. The Kier molecular flexibility index (Phi) is 3.91. The van der Waals surface area contributed by atoms with Gasteiger partial charge in [-0.1, -0.05) is 13.0 Å². The summed E-state index contributed by atoms with van der Waals surface area (Å²) < 4.78 is 5.21. The van der Waals surface area contributed by atoms with Crippen molar-refractivity contribution >= 4 is 0 Å². The first-order chi connectivity index (χ1) is 7.85. The summed E-state index contributed by atoms with van der Waals surface area (Å²) in [5, 5.41) is 3.64. The number of hydrogen-bond donors (Lipinski definition) is 1. The minimum atomic E-state index is 0.413. The zero-order valence-corrected chi connectivity index (χ0v) is 10.1. The van der Waals surface area contributed by atoms with Crippen LogP contribution in [0.25, 0.3) is 0 Å². The van der Waals surface area contributed by atoms with Crippen molar-refractivity contribution in [3.8, 4) is 0 Å². The molecule has 1 aliphatic carbocycles. The lowest BCUT2D eigenvalue weighted by Gasteiger charge is -2.21. The zero-order chi connectivity index (χ0) is 11.4. The van der Waals surface area contributed by atoms with Gasteiger partial charge in [0.05, 0.1) is 18.3 Å². The second-order valence-electron chi connectivity index (χ2n) is 4.37. The van der Waals surface area contributed by atoms with Crippen LogP contribution in [0.15, 0.2) is 18.3 Å². The molecule has 0 fully saturated rings. The molecule has 88 valence electrons. The first-order valence-corrected chi connectivity index (χ1v) is 6.04. The number of hydrogen-bond acceptors (Lipinski definition) is 3. The fraction of sp³-hybridized carbons (Fsp3) is 0.615. The van der Waals surface area contributed by atoms with E-state index in [1.807, 2.05) is 12.3 Å². The van der Waals surface area contributed by atoms with Crippen molar-refractivity contribution in [2.75, 3.05) is 13.7 Å². The SMILES string of the molecule is CCC(COC)NC1CCc2cccnc21. The molecule has 1 aromatic heterocycles. The lowest BCUT2D eigenvalue weighted by molar-refractivity contribution is 0.158. The molecule has 0 bridgehead atoms. The van der Waals surface area contributed by atoms with Gasteiger partial charge in [0.25, 0.3) is 0 Å². The Morgan fingerprint density at radius 2 is 2.50 bits per heavy atom. The van der Waals surface area contributed by atoms with Gasteiger partial charge in [0, 0.05) is 19.3 Å². The summed E-state index contributed by atoms with van der Waals surface area (Å²) in [7, 11) is 1.76. The monoisotopic (exact) mass is 220 g/mol. The Bertz CT molecular complexity index is 340. The van der Waals surface area contributed by atoms with Gasteiger partial charge in [-0.15, -0.1) is 0 Å². The highest BCUT2D eigenvalue weighted by Gasteiger charge is 2.24. The smallest absolute Gasteiger partial charge is 0.0615 e. The maximum atomic E-state index is 5.21. The van der Waals surface area contributed by atoms with Gasteiger partial charge in [-0.3, -0.25) is 4.98 Å². The summed E-state index contributed by atoms with van der Waals surface area (Å²) in [5.74, 6) is 0. The van der Waals surface area contributed by atoms with Crippen molar-refractivity contribution in [2.45, 2.75) is 38.3 Å². The molecule has 0 amide bonds. The van der Waals surface area contributed by atoms with Crippen LogP contribution in [0.2, 0.25) is 0 Å². The molecule has 1 N–H and O–H groups in total. The number of aromatic nitrogens is 1. The second kappa shape index (κ2) is 5.41. The van der Waals surface area contributed by atoms with E-state index in [0.717, 1.165) is 25.9 Å². The van der Waals surface area contributed by atoms with Crippen LogP contribution in [0, 0.1) is 0 Å². The van der Waals surface area contributed by atoms with Gasteiger partial charge in [0.2, 0.25) is 0 Å². The van der Waals surface area contributed by atoms with Crippen molar-refractivity contribution < 1.29 is 4.74 Å². The molecule has 0 radical (unpaired) electrons. The van der Waals surface area contributed by atoms with Gasteiger partial charge in [-0.25, -0.2) is 0 Å². The van der Waals surface area contributed by atoms with Crippen LogP contribution in [0.1, 0.15) is 37.1 Å². The number of nitrogens with zero attached hydrogens (tertiary/aromatic N) is 1. The molecule has 2 rings (SSSR count). The van der Waals surface area contributed by atoms with Gasteiger partial charge in [-0.05, 0) is 30.9 Å². The summed E-state index contributed by atoms with van der Waals surface area (Å²) in [6.45, 7) is 2.96.